The quantitative estimate of drug-likeness (QED) is 0.889. The molecule has 3 nitrogen and oxygen atoms in total. The van der Waals surface area contributed by atoms with Crippen molar-refractivity contribution in [2.75, 3.05) is 12.4 Å². The molecule has 1 aromatic carbocycles. The van der Waals surface area contributed by atoms with Gasteiger partial charge in [-0.15, -0.1) is 0 Å². The van der Waals surface area contributed by atoms with Gasteiger partial charge in [-0.05, 0) is 24.6 Å². The third-order valence-electron chi connectivity index (χ3n) is 2.36. The summed E-state index contributed by atoms with van der Waals surface area (Å²) in [7, 11) is 1.79. The predicted octanol–water partition coefficient (Wildman–Crippen LogP) is 3.27. The van der Waals surface area contributed by atoms with E-state index in [1.165, 1.54) is 0 Å². The SMILES string of the molecule is CNc1nc(C)c(Cc2cccc(Cl)c2)o1. The van der Waals surface area contributed by atoms with Gasteiger partial charge in [-0.1, -0.05) is 23.7 Å². The summed E-state index contributed by atoms with van der Waals surface area (Å²) >= 11 is 5.92. The number of hydrogen-bond donors (Lipinski definition) is 1. The van der Waals surface area contributed by atoms with Crippen LogP contribution in [0, 0.1) is 6.92 Å². The molecule has 1 aromatic heterocycles. The summed E-state index contributed by atoms with van der Waals surface area (Å²) in [4.78, 5) is 4.24. The Balaban J connectivity index is 2.23. The fourth-order valence-corrected chi connectivity index (χ4v) is 1.74. The average Bonchev–Trinajstić information content (AvgIpc) is 2.60. The molecule has 2 rings (SSSR count). The minimum Gasteiger partial charge on any atom is -0.428 e. The van der Waals surface area contributed by atoms with Crippen LogP contribution in [0.1, 0.15) is 17.0 Å². The number of nitrogens with zero attached hydrogens (tertiary/aromatic N) is 1. The number of aryl methyl sites for hydroxylation is 1. The van der Waals surface area contributed by atoms with Crippen molar-refractivity contribution in [1.82, 2.24) is 4.98 Å². The van der Waals surface area contributed by atoms with Crippen LogP contribution in [-0.4, -0.2) is 12.0 Å². The van der Waals surface area contributed by atoms with E-state index in [2.05, 4.69) is 10.3 Å². The van der Waals surface area contributed by atoms with E-state index in [1.807, 2.05) is 31.2 Å². The Labute approximate surface area is 99.5 Å². The number of nitrogens with one attached hydrogen (secondary N) is 1. The zero-order valence-corrected chi connectivity index (χ0v) is 10.0. The molecule has 0 spiro atoms. The van der Waals surface area contributed by atoms with Gasteiger partial charge in [0, 0.05) is 18.5 Å². The zero-order chi connectivity index (χ0) is 11.5. The monoisotopic (exact) mass is 236 g/mol. The van der Waals surface area contributed by atoms with E-state index in [0.717, 1.165) is 22.0 Å². The molecule has 0 unspecified atom stereocenters. The first-order valence-electron chi connectivity index (χ1n) is 5.07. The maximum absolute atomic E-state index is 5.92. The van der Waals surface area contributed by atoms with Gasteiger partial charge < -0.3 is 9.73 Å². The maximum Gasteiger partial charge on any atom is 0.294 e. The standard InChI is InChI=1S/C12H13ClN2O/c1-8-11(16-12(14-2)15-8)7-9-4-3-5-10(13)6-9/h3-6H,7H2,1-2H3,(H,14,15). The molecule has 2 aromatic rings. The predicted molar refractivity (Wildman–Crippen MR) is 65.0 cm³/mol. The number of benzene rings is 1. The van der Waals surface area contributed by atoms with Crippen LogP contribution in [0.2, 0.25) is 5.02 Å². The first-order valence-corrected chi connectivity index (χ1v) is 5.45. The smallest absolute Gasteiger partial charge is 0.294 e. The van der Waals surface area contributed by atoms with Crippen molar-refractivity contribution in [2.24, 2.45) is 0 Å². The lowest BCUT2D eigenvalue weighted by Crippen LogP contribution is -1.88. The highest BCUT2D eigenvalue weighted by atomic mass is 35.5. The van der Waals surface area contributed by atoms with E-state index in [9.17, 15) is 0 Å². The lowest BCUT2D eigenvalue weighted by atomic mass is 10.1. The second-order valence-electron chi connectivity index (χ2n) is 3.58. The molecular formula is C12H13ClN2O. The molecule has 16 heavy (non-hydrogen) atoms. The summed E-state index contributed by atoms with van der Waals surface area (Å²) in [5, 5.41) is 3.62. The van der Waals surface area contributed by atoms with Crippen LogP contribution in [-0.2, 0) is 6.42 Å². The highest BCUT2D eigenvalue weighted by molar-refractivity contribution is 6.30. The second-order valence-corrected chi connectivity index (χ2v) is 4.02. The van der Waals surface area contributed by atoms with Gasteiger partial charge in [0.25, 0.3) is 6.01 Å². The highest BCUT2D eigenvalue weighted by Gasteiger charge is 2.09. The van der Waals surface area contributed by atoms with Crippen LogP contribution in [0.4, 0.5) is 6.01 Å². The average molecular weight is 237 g/mol. The lowest BCUT2D eigenvalue weighted by molar-refractivity contribution is 0.528. The Morgan fingerprint density at radius 2 is 2.25 bits per heavy atom. The largest absolute Gasteiger partial charge is 0.428 e. The van der Waals surface area contributed by atoms with Crippen molar-refractivity contribution in [2.45, 2.75) is 13.3 Å². The second kappa shape index (κ2) is 4.58. The molecule has 0 radical (unpaired) electrons. The first kappa shape index (κ1) is 11.0. The minimum absolute atomic E-state index is 0.550. The van der Waals surface area contributed by atoms with Crippen molar-refractivity contribution >= 4 is 17.6 Å². The number of anilines is 1. The Morgan fingerprint density at radius 1 is 1.44 bits per heavy atom. The topological polar surface area (TPSA) is 38.1 Å². The molecule has 0 saturated carbocycles. The molecule has 0 aliphatic heterocycles. The molecule has 0 saturated heterocycles. The van der Waals surface area contributed by atoms with Crippen molar-refractivity contribution in [3.8, 4) is 0 Å². The summed E-state index contributed by atoms with van der Waals surface area (Å²) in [5.41, 5.74) is 2.03. The van der Waals surface area contributed by atoms with E-state index in [4.69, 9.17) is 16.0 Å². The molecule has 1 N–H and O–H groups in total. The number of halogens is 1. The summed E-state index contributed by atoms with van der Waals surface area (Å²) in [6, 6.07) is 8.30. The minimum atomic E-state index is 0.550. The highest BCUT2D eigenvalue weighted by Crippen LogP contribution is 2.19. The van der Waals surface area contributed by atoms with Gasteiger partial charge in [0.2, 0.25) is 0 Å². The summed E-state index contributed by atoms with van der Waals surface area (Å²) in [6.07, 6.45) is 0.709. The number of hydrogen-bond acceptors (Lipinski definition) is 3. The van der Waals surface area contributed by atoms with Crippen molar-refractivity contribution in [3.05, 3.63) is 46.3 Å². The molecule has 0 amide bonds. The molecular weight excluding hydrogens is 224 g/mol. The Hall–Kier alpha value is -1.48. The number of rotatable bonds is 3. The molecule has 0 aliphatic rings. The van der Waals surface area contributed by atoms with Crippen LogP contribution < -0.4 is 5.32 Å². The van der Waals surface area contributed by atoms with E-state index < -0.39 is 0 Å². The van der Waals surface area contributed by atoms with Gasteiger partial charge in [-0.2, -0.15) is 4.98 Å². The molecule has 1 heterocycles. The van der Waals surface area contributed by atoms with Crippen LogP contribution in [0.3, 0.4) is 0 Å². The Morgan fingerprint density at radius 3 is 2.88 bits per heavy atom. The van der Waals surface area contributed by atoms with Gasteiger partial charge in [-0.25, -0.2) is 0 Å². The van der Waals surface area contributed by atoms with Crippen LogP contribution in [0.25, 0.3) is 0 Å². The van der Waals surface area contributed by atoms with Crippen LogP contribution in [0.15, 0.2) is 28.7 Å². The summed E-state index contributed by atoms with van der Waals surface area (Å²) in [5.74, 6) is 0.867. The van der Waals surface area contributed by atoms with Gasteiger partial charge in [0.1, 0.15) is 5.76 Å². The van der Waals surface area contributed by atoms with Gasteiger partial charge in [0.05, 0.1) is 5.69 Å². The number of oxazole rings is 1. The fraction of sp³-hybridized carbons (Fsp3) is 0.250. The van der Waals surface area contributed by atoms with E-state index in [0.29, 0.717) is 12.4 Å². The van der Waals surface area contributed by atoms with Crippen molar-refractivity contribution in [1.29, 1.82) is 0 Å². The summed E-state index contributed by atoms with van der Waals surface area (Å²) < 4.78 is 5.54. The van der Waals surface area contributed by atoms with Crippen LogP contribution >= 0.6 is 11.6 Å². The van der Waals surface area contributed by atoms with E-state index in [1.54, 1.807) is 7.05 Å². The lowest BCUT2D eigenvalue weighted by Gasteiger charge is -1.99. The molecule has 0 fully saturated rings. The molecule has 4 heteroatoms. The van der Waals surface area contributed by atoms with E-state index >= 15 is 0 Å². The van der Waals surface area contributed by atoms with Crippen LogP contribution in [0.5, 0.6) is 0 Å². The van der Waals surface area contributed by atoms with Crippen molar-refractivity contribution in [3.63, 3.8) is 0 Å². The third kappa shape index (κ3) is 2.36. The Kier molecular flexibility index (Phi) is 3.15. The molecule has 0 atom stereocenters. The van der Waals surface area contributed by atoms with Gasteiger partial charge in [-0.3, -0.25) is 0 Å². The third-order valence-corrected chi connectivity index (χ3v) is 2.60. The van der Waals surface area contributed by atoms with Gasteiger partial charge >= 0.3 is 0 Å². The van der Waals surface area contributed by atoms with Crippen molar-refractivity contribution < 1.29 is 4.42 Å². The zero-order valence-electron chi connectivity index (χ0n) is 9.25. The molecule has 84 valence electrons. The van der Waals surface area contributed by atoms with E-state index in [-0.39, 0.29) is 0 Å². The number of aromatic nitrogens is 1. The Bertz CT molecular complexity index is 494. The first-order chi connectivity index (χ1) is 7.69. The van der Waals surface area contributed by atoms with Gasteiger partial charge in [0.15, 0.2) is 0 Å². The molecule has 0 aliphatic carbocycles. The molecule has 0 bridgehead atoms. The normalized spacial score (nSPS) is 10.4. The fourth-order valence-electron chi connectivity index (χ4n) is 1.53. The maximum atomic E-state index is 5.92. The summed E-state index contributed by atoms with van der Waals surface area (Å²) in [6.45, 7) is 1.93.